The van der Waals surface area contributed by atoms with Crippen LogP contribution in [0.4, 0.5) is 0 Å². The summed E-state index contributed by atoms with van der Waals surface area (Å²) < 4.78 is 10.5. The minimum Gasteiger partial charge on any atom is -0.548 e. The molecular weight excluding hydrogens is 341 g/mol. The summed E-state index contributed by atoms with van der Waals surface area (Å²) in [6, 6.07) is 6.53. The van der Waals surface area contributed by atoms with Gasteiger partial charge in [0.05, 0.1) is 44.5 Å². The minimum absolute atomic E-state index is 0. The van der Waals surface area contributed by atoms with Crippen LogP contribution in [0, 0.1) is 0 Å². The smallest absolute Gasteiger partial charge is 0.548 e. The van der Waals surface area contributed by atoms with Crippen LogP contribution in [0.5, 0.6) is 5.75 Å². The Morgan fingerprint density at radius 3 is 2.67 bits per heavy atom. The first kappa shape index (κ1) is 22.0. The number of carboxylic acid groups (broad SMARTS) is 1. The van der Waals surface area contributed by atoms with Crippen molar-refractivity contribution in [3.05, 3.63) is 29.8 Å². The molecule has 0 amide bonds. The molecule has 1 fully saturated rings. The molecule has 0 saturated carbocycles. The Labute approximate surface area is 184 Å². The molecule has 0 bridgehead atoms. The van der Waals surface area contributed by atoms with Crippen molar-refractivity contribution >= 4 is 5.97 Å². The standard InChI is InChI=1S/C16H23NO6.K/c1-22-14-4-2-11(3-5-14)9-23-10-13(19)8-17-7-12(18)6-15(17)16(20)21;/h2-5,12-13,15,18-19H,6-10H2,1H3,(H,20,21);/q;+1/p-1/t12-,13?,15-;/m1./s1. The number of nitrogens with zero attached hydrogens (tertiary/aromatic N) is 1. The van der Waals surface area contributed by atoms with Gasteiger partial charge in [-0.15, -0.1) is 0 Å². The third-order valence-corrected chi connectivity index (χ3v) is 3.84. The van der Waals surface area contributed by atoms with Crippen molar-refractivity contribution < 1.29 is 81.0 Å². The summed E-state index contributed by atoms with van der Waals surface area (Å²) >= 11 is 0. The zero-order valence-corrected chi connectivity index (χ0v) is 17.2. The zero-order chi connectivity index (χ0) is 16.8. The van der Waals surface area contributed by atoms with Crippen LogP contribution in [0.15, 0.2) is 24.3 Å². The first-order valence-corrected chi connectivity index (χ1v) is 7.51. The van der Waals surface area contributed by atoms with Crippen molar-refractivity contribution in [1.82, 2.24) is 4.90 Å². The number of benzene rings is 1. The quantitative estimate of drug-likeness (QED) is 0.451. The van der Waals surface area contributed by atoms with Gasteiger partial charge < -0.3 is 29.6 Å². The van der Waals surface area contributed by atoms with E-state index in [1.165, 1.54) is 4.90 Å². The van der Waals surface area contributed by atoms with Crippen molar-refractivity contribution in [2.24, 2.45) is 0 Å². The predicted octanol–water partition coefficient (Wildman–Crippen LogP) is -4.24. The maximum absolute atomic E-state index is 11.0. The summed E-state index contributed by atoms with van der Waals surface area (Å²) in [6.45, 7) is 0.762. The summed E-state index contributed by atoms with van der Waals surface area (Å²) in [7, 11) is 1.59. The van der Waals surface area contributed by atoms with Crippen LogP contribution in [0.1, 0.15) is 12.0 Å². The molecule has 8 heteroatoms. The average Bonchev–Trinajstić information content (AvgIpc) is 2.88. The van der Waals surface area contributed by atoms with Crippen LogP contribution < -0.4 is 61.2 Å². The van der Waals surface area contributed by atoms with Gasteiger partial charge in [0.15, 0.2) is 0 Å². The molecule has 0 radical (unpaired) electrons. The van der Waals surface area contributed by atoms with Gasteiger partial charge in [-0.05, 0) is 24.1 Å². The summed E-state index contributed by atoms with van der Waals surface area (Å²) in [5.41, 5.74) is 0.946. The van der Waals surface area contributed by atoms with E-state index in [1.807, 2.05) is 24.3 Å². The van der Waals surface area contributed by atoms with E-state index in [0.29, 0.717) is 6.61 Å². The maximum atomic E-state index is 11.0. The molecule has 128 valence electrons. The number of carboxylic acids is 1. The molecule has 1 aromatic rings. The van der Waals surface area contributed by atoms with Gasteiger partial charge in [-0.3, -0.25) is 4.90 Å². The van der Waals surface area contributed by atoms with Gasteiger partial charge >= 0.3 is 51.4 Å². The fraction of sp³-hybridized carbons (Fsp3) is 0.562. The van der Waals surface area contributed by atoms with Crippen molar-refractivity contribution in [2.45, 2.75) is 31.3 Å². The topological polar surface area (TPSA) is 102 Å². The van der Waals surface area contributed by atoms with Crippen LogP contribution in [0.25, 0.3) is 0 Å². The second-order valence-corrected chi connectivity index (χ2v) is 5.70. The molecule has 1 unspecified atom stereocenters. The molecule has 1 aliphatic heterocycles. The Morgan fingerprint density at radius 1 is 1.42 bits per heavy atom. The number of ether oxygens (including phenoxy) is 2. The SMILES string of the molecule is COc1ccc(COCC(O)CN2C[C@H](O)C[C@@H]2C(=O)[O-])cc1.[K+]. The fourth-order valence-corrected chi connectivity index (χ4v) is 2.68. The van der Waals surface area contributed by atoms with E-state index in [4.69, 9.17) is 9.47 Å². The van der Waals surface area contributed by atoms with E-state index in [2.05, 4.69) is 0 Å². The molecule has 1 aromatic carbocycles. The monoisotopic (exact) mass is 363 g/mol. The van der Waals surface area contributed by atoms with Crippen LogP contribution in [-0.2, 0) is 16.1 Å². The van der Waals surface area contributed by atoms with E-state index in [9.17, 15) is 20.1 Å². The van der Waals surface area contributed by atoms with Gasteiger partial charge in [-0.2, -0.15) is 0 Å². The molecule has 0 aromatic heterocycles. The predicted molar refractivity (Wildman–Crippen MR) is 79.6 cm³/mol. The number of rotatable bonds is 8. The molecule has 3 atom stereocenters. The van der Waals surface area contributed by atoms with E-state index >= 15 is 0 Å². The Kier molecular flexibility index (Phi) is 9.94. The normalized spacial score (nSPS) is 22.0. The Morgan fingerprint density at radius 2 is 2.08 bits per heavy atom. The van der Waals surface area contributed by atoms with E-state index in [-0.39, 0.29) is 77.5 Å². The first-order valence-electron chi connectivity index (χ1n) is 7.51. The average molecular weight is 363 g/mol. The third kappa shape index (κ3) is 6.70. The second kappa shape index (κ2) is 10.8. The molecule has 1 saturated heterocycles. The Balaban J connectivity index is 0.00000288. The van der Waals surface area contributed by atoms with Crippen LogP contribution in [0.3, 0.4) is 0 Å². The molecule has 1 aliphatic rings. The van der Waals surface area contributed by atoms with Crippen molar-refractivity contribution in [3.63, 3.8) is 0 Å². The molecule has 7 nitrogen and oxygen atoms in total. The summed E-state index contributed by atoms with van der Waals surface area (Å²) in [4.78, 5) is 12.5. The fourth-order valence-electron chi connectivity index (χ4n) is 2.68. The maximum Gasteiger partial charge on any atom is 1.00 e. The number of β-amino-alcohol motifs (C(OH)–C–C–N with tert-alkyl or cyclic N) is 2. The number of methoxy groups -OCH3 is 1. The van der Waals surface area contributed by atoms with Gasteiger partial charge in [0.1, 0.15) is 5.75 Å². The molecule has 24 heavy (non-hydrogen) atoms. The molecule has 0 spiro atoms. The number of hydrogen-bond donors (Lipinski definition) is 2. The third-order valence-electron chi connectivity index (χ3n) is 3.84. The van der Waals surface area contributed by atoms with Gasteiger partial charge in [0, 0.05) is 13.1 Å². The van der Waals surface area contributed by atoms with Crippen LogP contribution in [-0.4, -0.2) is 66.1 Å². The minimum atomic E-state index is -1.23. The largest absolute Gasteiger partial charge is 1.00 e. The van der Waals surface area contributed by atoms with Gasteiger partial charge in [-0.25, -0.2) is 0 Å². The Bertz CT molecular complexity index is 512. The molecular formula is C16H22KNO6. The van der Waals surface area contributed by atoms with Crippen molar-refractivity contribution in [2.75, 3.05) is 26.8 Å². The van der Waals surface area contributed by atoms with Crippen molar-refractivity contribution in [3.8, 4) is 5.75 Å². The van der Waals surface area contributed by atoms with E-state index < -0.39 is 24.2 Å². The van der Waals surface area contributed by atoms with Crippen molar-refractivity contribution in [1.29, 1.82) is 0 Å². The number of carbonyl (C=O) groups excluding carboxylic acids is 1. The number of hydrogen-bond acceptors (Lipinski definition) is 7. The molecule has 1 heterocycles. The summed E-state index contributed by atoms with van der Waals surface area (Å²) in [5, 5.41) is 30.5. The van der Waals surface area contributed by atoms with Crippen LogP contribution in [0.2, 0.25) is 0 Å². The molecule has 2 rings (SSSR count). The first-order chi connectivity index (χ1) is 11.0. The molecule has 2 N–H and O–H groups in total. The summed E-state index contributed by atoms with van der Waals surface area (Å²) in [6.07, 6.45) is -1.41. The van der Waals surface area contributed by atoms with E-state index in [1.54, 1.807) is 7.11 Å². The van der Waals surface area contributed by atoms with Gasteiger partial charge in [-0.1, -0.05) is 12.1 Å². The number of aliphatic hydroxyl groups excluding tert-OH is 2. The molecule has 0 aliphatic carbocycles. The summed E-state index contributed by atoms with van der Waals surface area (Å²) in [5.74, 6) is -0.470. The number of carbonyl (C=O) groups is 1. The van der Waals surface area contributed by atoms with Gasteiger partial charge in [0.25, 0.3) is 0 Å². The number of aliphatic hydroxyl groups is 2. The number of aliphatic carboxylic acids is 1. The second-order valence-electron chi connectivity index (χ2n) is 5.70. The van der Waals surface area contributed by atoms with Crippen LogP contribution >= 0.6 is 0 Å². The Hall–Kier alpha value is -0.0336. The van der Waals surface area contributed by atoms with Gasteiger partial charge in [0.2, 0.25) is 0 Å². The van der Waals surface area contributed by atoms with E-state index in [0.717, 1.165) is 11.3 Å². The zero-order valence-electron chi connectivity index (χ0n) is 14.1. The number of likely N-dealkylation sites (tertiary alicyclic amines) is 1.